The van der Waals surface area contributed by atoms with Crippen LogP contribution in [0.15, 0.2) is 36.4 Å². The number of hydrogen-bond donors (Lipinski definition) is 0. The number of hydrogen-bond acceptors (Lipinski definition) is 1. The Kier molecular flexibility index (Phi) is 9.09. The molecule has 0 saturated carbocycles. The highest BCUT2D eigenvalue weighted by molar-refractivity contribution is 5.48. The van der Waals surface area contributed by atoms with E-state index in [1.807, 2.05) is 7.11 Å². The summed E-state index contributed by atoms with van der Waals surface area (Å²) in [6.45, 7) is 3.18. The van der Waals surface area contributed by atoms with Gasteiger partial charge in [0.1, 0.15) is 0 Å². The van der Waals surface area contributed by atoms with Crippen LogP contribution in [0.3, 0.4) is 0 Å². The van der Waals surface area contributed by atoms with Crippen molar-refractivity contribution in [2.45, 2.75) is 45.4 Å². The molecule has 0 N–H and O–H groups in total. The first-order valence-electron chi connectivity index (χ1n) is 7.57. The molecular weight excluding hydrogens is 232 g/mol. The van der Waals surface area contributed by atoms with Crippen LogP contribution in [0.1, 0.15) is 51.0 Å². The average Bonchev–Trinajstić information content (AvgIpc) is 2.44. The number of unbranched alkanes of at least 4 members (excludes halogenated alkanes) is 2. The molecule has 0 aliphatic rings. The van der Waals surface area contributed by atoms with Crippen LogP contribution >= 0.6 is 0 Å². The molecule has 0 saturated heterocycles. The van der Waals surface area contributed by atoms with Gasteiger partial charge in [0.15, 0.2) is 0 Å². The van der Waals surface area contributed by atoms with E-state index in [9.17, 15) is 0 Å². The van der Waals surface area contributed by atoms with Crippen molar-refractivity contribution in [1.29, 1.82) is 0 Å². The van der Waals surface area contributed by atoms with Gasteiger partial charge in [0.05, 0.1) is 0 Å². The van der Waals surface area contributed by atoms with Crippen LogP contribution in [0.5, 0.6) is 0 Å². The van der Waals surface area contributed by atoms with E-state index >= 15 is 0 Å². The van der Waals surface area contributed by atoms with Crippen molar-refractivity contribution in [2.75, 3.05) is 13.7 Å². The molecule has 0 radical (unpaired) electrons. The Labute approximate surface area is 118 Å². The molecule has 1 aromatic carbocycles. The van der Waals surface area contributed by atoms with Gasteiger partial charge in [-0.25, -0.2) is 0 Å². The molecule has 0 bridgehead atoms. The fourth-order valence-electron chi connectivity index (χ4n) is 2.43. The van der Waals surface area contributed by atoms with Crippen molar-refractivity contribution in [2.24, 2.45) is 5.92 Å². The molecule has 1 aromatic rings. The quantitative estimate of drug-likeness (QED) is 0.517. The number of benzene rings is 1. The lowest BCUT2D eigenvalue weighted by Gasteiger charge is -2.14. The lowest BCUT2D eigenvalue weighted by atomic mass is 9.97. The van der Waals surface area contributed by atoms with Crippen LogP contribution in [0.2, 0.25) is 0 Å². The van der Waals surface area contributed by atoms with Crippen molar-refractivity contribution < 1.29 is 4.74 Å². The first-order chi connectivity index (χ1) is 9.36. The van der Waals surface area contributed by atoms with E-state index in [1.54, 1.807) is 0 Å². The summed E-state index contributed by atoms with van der Waals surface area (Å²) in [6.07, 6.45) is 12.2. The number of methoxy groups -OCH3 is 1. The maximum absolute atomic E-state index is 5.28. The topological polar surface area (TPSA) is 9.23 Å². The number of rotatable bonds is 10. The summed E-state index contributed by atoms with van der Waals surface area (Å²) in [5.74, 6) is 0.758. The van der Waals surface area contributed by atoms with Gasteiger partial charge in [0, 0.05) is 13.7 Å². The van der Waals surface area contributed by atoms with Gasteiger partial charge >= 0.3 is 0 Å². The van der Waals surface area contributed by atoms with E-state index < -0.39 is 0 Å². The molecule has 0 aromatic heterocycles. The summed E-state index contributed by atoms with van der Waals surface area (Å²) in [5.41, 5.74) is 1.30. The van der Waals surface area contributed by atoms with E-state index in [0.717, 1.165) is 12.5 Å². The summed E-state index contributed by atoms with van der Waals surface area (Å²) in [7, 11) is 1.81. The Hall–Kier alpha value is -1.08. The molecule has 19 heavy (non-hydrogen) atoms. The van der Waals surface area contributed by atoms with Crippen molar-refractivity contribution in [3.63, 3.8) is 0 Å². The number of allylic oxidation sites excluding steroid dienone is 1. The van der Waals surface area contributed by atoms with Gasteiger partial charge in [-0.15, -0.1) is 0 Å². The van der Waals surface area contributed by atoms with Crippen LogP contribution in [0.25, 0.3) is 6.08 Å². The van der Waals surface area contributed by atoms with Crippen LogP contribution in [-0.2, 0) is 4.74 Å². The minimum atomic E-state index is 0.758. The molecule has 1 rings (SSSR count). The van der Waals surface area contributed by atoms with Gasteiger partial charge in [-0.05, 0) is 37.2 Å². The maximum Gasteiger partial charge on any atom is 0.0490 e. The second kappa shape index (κ2) is 10.8. The van der Waals surface area contributed by atoms with Crippen molar-refractivity contribution in [1.82, 2.24) is 0 Å². The molecule has 0 spiro atoms. The van der Waals surface area contributed by atoms with Crippen LogP contribution in [-0.4, -0.2) is 13.7 Å². The van der Waals surface area contributed by atoms with E-state index in [2.05, 4.69) is 49.4 Å². The molecule has 0 amide bonds. The Morgan fingerprint density at radius 3 is 2.58 bits per heavy atom. The van der Waals surface area contributed by atoms with Gasteiger partial charge in [0.2, 0.25) is 0 Å². The summed E-state index contributed by atoms with van der Waals surface area (Å²) >= 11 is 0. The second-order valence-corrected chi connectivity index (χ2v) is 5.21. The van der Waals surface area contributed by atoms with Gasteiger partial charge in [-0.1, -0.05) is 62.2 Å². The zero-order chi connectivity index (χ0) is 13.8. The monoisotopic (exact) mass is 260 g/mol. The van der Waals surface area contributed by atoms with Gasteiger partial charge < -0.3 is 4.74 Å². The summed E-state index contributed by atoms with van der Waals surface area (Å²) in [6, 6.07) is 10.5. The van der Waals surface area contributed by atoms with Crippen molar-refractivity contribution in [3.05, 3.63) is 42.0 Å². The summed E-state index contributed by atoms with van der Waals surface area (Å²) in [5, 5.41) is 0. The largest absolute Gasteiger partial charge is 0.384 e. The lowest BCUT2D eigenvalue weighted by Crippen LogP contribution is -2.07. The predicted octanol–water partition coefficient (Wildman–Crippen LogP) is 5.32. The number of ether oxygens (including phenoxy) is 1. The van der Waals surface area contributed by atoms with Crippen LogP contribution in [0, 0.1) is 5.92 Å². The Bertz CT molecular complexity index is 323. The first-order valence-corrected chi connectivity index (χ1v) is 7.57. The summed E-state index contributed by atoms with van der Waals surface area (Å²) in [4.78, 5) is 0. The van der Waals surface area contributed by atoms with Gasteiger partial charge in [-0.3, -0.25) is 0 Å². The fraction of sp³-hybridized carbons (Fsp3) is 0.556. The third-order valence-corrected chi connectivity index (χ3v) is 3.44. The van der Waals surface area contributed by atoms with E-state index in [4.69, 9.17) is 4.74 Å². The highest BCUT2D eigenvalue weighted by atomic mass is 16.5. The molecule has 1 heteroatoms. The average molecular weight is 260 g/mol. The Balaban J connectivity index is 2.11. The van der Waals surface area contributed by atoms with E-state index in [0.29, 0.717) is 0 Å². The SMILES string of the molecule is CCCC(CCCCC=Cc1ccccc1)COC. The standard InChI is InChI=1S/C18H28O/c1-3-11-18(16-19-2)15-8-5-4-7-12-17-13-9-6-10-14-17/h6-7,9-10,12-14,18H,3-5,8,11,15-16H2,1-2H3. The van der Waals surface area contributed by atoms with Crippen LogP contribution in [0.4, 0.5) is 0 Å². The molecular formula is C18H28O. The third-order valence-electron chi connectivity index (χ3n) is 3.44. The van der Waals surface area contributed by atoms with Gasteiger partial charge in [-0.2, -0.15) is 0 Å². The molecule has 106 valence electrons. The van der Waals surface area contributed by atoms with E-state index in [1.165, 1.54) is 44.1 Å². The molecule has 0 aliphatic carbocycles. The van der Waals surface area contributed by atoms with Crippen molar-refractivity contribution >= 4 is 6.08 Å². The van der Waals surface area contributed by atoms with E-state index in [-0.39, 0.29) is 0 Å². The lowest BCUT2D eigenvalue weighted by molar-refractivity contribution is 0.141. The third kappa shape index (κ3) is 7.84. The molecule has 1 atom stereocenters. The Morgan fingerprint density at radius 1 is 1.11 bits per heavy atom. The summed E-state index contributed by atoms with van der Waals surface area (Å²) < 4.78 is 5.28. The zero-order valence-corrected chi connectivity index (χ0v) is 12.5. The molecule has 0 aliphatic heterocycles. The maximum atomic E-state index is 5.28. The highest BCUT2D eigenvalue weighted by Crippen LogP contribution is 2.16. The first kappa shape index (κ1) is 16.0. The van der Waals surface area contributed by atoms with Gasteiger partial charge in [0.25, 0.3) is 0 Å². The predicted molar refractivity (Wildman–Crippen MR) is 84.2 cm³/mol. The smallest absolute Gasteiger partial charge is 0.0490 e. The van der Waals surface area contributed by atoms with Crippen LogP contribution < -0.4 is 0 Å². The Morgan fingerprint density at radius 2 is 1.89 bits per heavy atom. The minimum Gasteiger partial charge on any atom is -0.384 e. The molecule has 1 nitrogen and oxygen atoms in total. The molecule has 0 fully saturated rings. The van der Waals surface area contributed by atoms with Crippen molar-refractivity contribution in [3.8, 4) is 0 Å². The normalized spacial score (nSPS) is 12.9. The molecule has 0 heterocycles. The zero-order valence-electron chi connectivity index (χ0n) is 12.5. The molecule has 1 unspecified atom stereocenters. The second-order valence-electron chi connectivity index (χ2n) is 5.21. The minimum absolute atomic E-state index is 0.758. The highest BCUT2D eigenvalue weighted by Gasteiger charge is 2.06. The fourth-order valence-corrected chi connectivity index (χ4v) is 2.43.